The summed E-state index contributed by atoms with van der Waals surface area (Å²) in [6.07, 6.45) is 5.39. The highest BCUT2D eigenvalue weighted by Crippen LogP contribution is 2.28. The molecule has 0 bridgehead atoms. The van der Waals surface area contributed by atoms with Crippen LogP contribution in [0.5, 0.6) is 5.75 Å². The lowest BCUT2D eigenvalue weighted by atomic mass is 9.88. The molecule has 1 saturated heterocycles. The lowest BCUT2D eigenvalue weighted by Crippen LogP contribution is -2.51. The van der Waals surface area contributed by atoms with Crippen LogP contribution in [0, 0.1) is 0 Å². The van der Waals surface area contributed by atoms with E-state index in [4.69, 9.17) is 19.9 Å². The third-order valence-electron chi connectivity index (χ3n) is 4.97. The number of nitrogens with two attached hydrogens (primary N) is 1. The maximum Gasteiger partial charge on any atom is 0.170 e. The van der Waals surface area contributed by atoms with Gasteiger partial charge in [0.25, 0.3) is 0 Å². The fourth-order valence-electron chi connectivity index (χ4n) is 3.43. The normalized spacial score (nSPS) is 19.0. The fraction of sp³-hybridized carbons (Fsp3) is 0.762. The topological polar surface area (TPSA) is 69.8 Å². The molecular formula is C21H37N3O3. The van der Waals surface area contributed by atoms with Gasteiger partial charge in [0.1, 0.15) is 12.4 Å². The molecule has 2 rings (SSSR count). The van der Waals surface area contributed by atoms with E-state index in [-0.39, 0.29) is 11.5 Å². The Balaban J connectivity index is 1.79. The number of nitrogens with zero attached hydrogens (tertiary/aromatic N) is 2. The SMILES string of the molecule is CCOC1(OCC)CCN(C[C@H](N)COc2cncc(C(C)(C)C)c2)CC1. The molecular weight excluding hydrogens is 342 g/mol. The summed E-state index contributed by atoms with van der Waals surface area (Å²) in [6.45, 7) is 15.0. The van der Waals surface area contributed by atoms with E-state index in [0.29, 0.717) is 19.8 Å². The molecule has 1 aliphatic rings. The zero-order valence-electron chi connectivity index (χ0n) is 17.7. The van der Waals surface area contributed by atoms with Gasteiger partial charge < -0.3 is 24.8 Å². The van der Waals surface area contributed by atoms with Gasteiger partial charge in [0.05, 0.1) is 12.2 Å². The molecule has 1 aliphatic heterocycles. The maximum atomic E-state index is 6.31. The molecule has 0 aliphatic carbocycles. The van der Waals surface area contributed by atoms with Crippen molar-refractivity contribution in [3.63, 3.8) is 0 Å². The smallest absolute Gasteiger partial charge is 0.170 e. The van der Waals surface area contributed by atoms with Crippen molar-refractivity contribution in [2.45, 2.75) is 64.7 Å². The molecule has 1 aromatic heterocycles. The quantitative estimate of drug-likeness (QED) is 0.665. The van der Waals surface area contributed by atoms with Crippen molar-refractivity contribution in [2.24, 2.45) is 5.73 Å². The molecule has 27 heavy (non-hydrogen) atoms. The summed E-state index contributed by atoms with van der Waals surface area (Å²) in [5.41, 5.74) is 7.52. The number of aromatic nitrogens is 1. The zero-order valence-corrected chi connectivity index (χ0v) is 17.7. The van der Waals surface area contributed by atoms with E-state index >= 15 is 0 Å². The van der Waals surface area contributed by atoms with E-state index in [1.807, 2.05) is 20.0 Å². The first kappa shape index (κ1) is 22.1. The van der Waals surface area contributed by atoms with Gasteiger partial charge in [-0.05, 0) is 30.9 Å². The molecule has 0 aromatic carbocycles. The van der Waals surface area contributed by atoms with E-state index in [1.165, 1.54) is 0 Å². The first-order valence-electron chi connectivity index (χ1n) is 10.1. The Hall–Kier alpha value is -1.21. The van der Waals surface area contributed by atoms with Crippen LogP contribution in [0.3, 0.4) is 0 Å². The van der Waals surface area contributed by atoms with Gasteiger partial charge in [-0.2, -0.15) is 0 Å². The van der Waals surface area contributed by atoms with Crippen molar-refractivity contribution >= 4 is 0 Å². The van der Waals surface area contributed by atoms with Crippen LogP contribution < -0.4 is 10.5 Å². The number of pyridine rings is 1. The summed E-state index contributed by atoms with van der Waals surface area (Å²) in [6, 6.07) is 2.01. The molecule has 2 heterocycles. The second-order valence-corrected chi connectivity index (χ2v) is 8.31. The van der Waals surface area contributed by atoms with Gasteiger partial charge in [-0.15, -0.1) is 0 Å². The molecule has 0 radical (unpaired) electrons. The minimum Gasteiger partial charge on any atom is -0.490 e. The summed E-state index contributed by atoms with van der Waals surface area (Å²) in [5.74, 6) is 0.364. The number of hydrogen-bond donors (Lipinski definition) is 1. The maximum absolute atomic E-state index is 6.31. The average Bonchev–Trinajstić information content (AvgIpc) is 2.62. The van der Waals surface area contributed by atoms with Gasteiger partial charge in [0.15, 0.2) is 5.79 Å². The van der Waals surface area contributed by atoms with E-state index in [9.17, 15) is 0 Å². The number of rotatable bonds is 9. The summed E-state index contributed by atoms with van der Waals surface area (Å²) >= 11 is 0. The monoisotopic (exact) mass is 379 g/mol. The first-order valence-corrected chi connectivity index (χ1v) is 10.1. The van der Waals surface area contributed by atoms with Gasteiger partial charge >= 0.3 is 0 Å². The lowest BCUT2D eigenvalue weighted by Gasteiger charge is -2.41. The Bertz CT molecular complexity index is 558. The van der Waals surface area contributed by atoms with E-state index < -0.39 is 5.79 Å². The summed E-state index contributed by atoms with van der Waals surface area (Å²) < 4.78 is 17.7. The minimum atomic E-state index is -0.417. The molecule has 1 aromatic rings. The minimum absolute atomic E-state index is 0.0463. The summed E-state index contributed by atoms with van der Waals surface area (Å²) in [5, 5.41) is 0. The average molecular weight is 380 g/mol. The summed E-state index contributed by atoms with van der Waals surface area (Å²) in [4.78, 5) is 6.66. The summed E-state index contributed by atoms with van der Waals surface area (Å²) in [7, 11) is 0. The van der Waals surface area contributed by atoms with Gasteiger partial charge in [0, 0.05) is 51.9 Å². The molecule has 2 N–H and O–H groups in total. The van der Waals surface area contributed by atoms with Crippen molar-refractivity contribution in [1.29, 1.82) is 0 Å². The van der Waals surface area contributed by atoms with Gasteiger partial charge in [-0.25, -0.2) is 0 Å². The Morgan fingerprint density at radius 1 is 1.15 bits per heavy atom. The zero-order chi connectivity index (χ0) is 19.9. The van der Waals surface area contributed by atoms with Crippen LogP contribution >= 0.6 is 0 Å². The Labute approximate surface area is 164 Å². The Morgan fingerprint density at radius 3 is 2.33 bits per heavy atom. The highest BCUT2D eigenvalue weighted by atomic mass is 16.7. The highest BCUT2D eigenvalue weighted by molar-refractivity contribution is 5.28. The molecule has 0 saturated carbocycles. The van der Waals surface area contributed by atoms with Gasteiger partial charge in [0.2, 0.25) is 0 Å². The third-order valence-corrected chi connectivity index (χ3v) is 4.97. The number of likely N-dealkylation sites (tertiary alicyclic amines) is 1. The molecule has 6 heteroatoms. The predicted octanol–water partition coefficient (Wildman–Crippen LogP) is 2.95. The van der Waals surface area contributed by atoms with Crippen LogP contribution in [0.25, 0.3) is 0 Å². The standard InChI is InChI=1S/C21H37N3O3/c1-6-26-21(27-7-2)8-10-24(11-9-21)15-18(22)16-25-19-12-17(13-23-14-19)20(3,4)5/h12-14,18H,6-11,15-16,22H2,1-5H3/t18-/m0/s1. The van der Waals surface area contributed by atoms with Crippen LogP contribution in [0.4, 0.5) is 0 Å². The molecule has 6 nitrogen and oxygen atoms in total. The van der Waals surface area contributed by atoms with Crippen LogP contribution in [-0.2, 0) is 14.9 Å². The van der Waals surface area contributed by atoms with Crippen LogP contribution in [0.15, 0.2) is 18.5 Å². The number of hydrogen-bond acceptors (Lipinski definition) is 6. The molecule has 1 atom stereocenters. The van der Waals surface area contributed by atoms with Crippen LogP contribution in [0.1, 0.15) is 53.0 Å². The van der Waals surface area contributed by atoms with Crippen LogP contribution in [0.2, 0.25) is 0 Å². The van der Waals surface area contributed by atoms with Gasteiger partial charge in [-0.3, -0.25) is 4.98 Å². The van der Waals surface area contributed by atoms with E-state index in [0.717, 1.165) is 43.8 Å². The predicted molar refractivity (Wildman–Crippen MR) is 108 cm³/mol. The van der Waals surface area contributed by atoms with Crippen molar-refractivity contribution in [1.82, 2.24) is 9.88 Å². The second-order valence-electron chi connectivity index (χ2n) is 8.31. The van der Waals surface area contributed by atoms with Crippen molar-refractivity contribution < 1.29 is 14.2 Å². The Kier molecular flexibility index (Phi) is 8.04. The second kappa shape index (κ2) is 9.82. The van der Waals surface area contributed by atoms with E-state index in [1.54, 1.807) is 6.20 Å². The van der Waals surface area contributed by atoms with E-state index in [2.05, 4.69) is 36.7 Å². The lowest BCUT2D eigenvalue weighted by molar-refractivity contribution is -0.253. The number of piperidine rings is 1. The van der Waals surface area contributed by atoms with Crippen molar-refractivity contribution in [2.75, 3.05) is 39.5 Å². The molecule has 1 fully saturated rings. The van der Waals surface area contributed by atoms with Gasteiger partial charge in [-0.1, -0.05) is 20.8 Å². The molecule has 0 amide bonds. The molecule has 0 spiro atoms. The third kappa shape index (κ3) is 6.71. The fourth-order valence-corrected chi connectivity index (χ4v) is 3.43. The van der Waals surface area contributed by atoms with Crippen molar-refractivity contribution in [3.8, 4) is 5.75 Å². The molecule has 0 unspecified atom stereocenters. The first-order chi connectivity index (χ1) is 12.8. The van der Waals surface area contributed by atoms with Crippen molar-refractivity contribution in [3.05, 3.63) is 24.0 Å². The Morgan fingerprint density at radius 2 is 1.78 bits per heavy atom. The van der Waals surface area contributed by atoms with Crippen LogP contribution in [-0.4, -0.2) is 61.2 Å². The number of ether oxygens (including phenoxy) is 3. The highest BCUT2D eigenvalue weighted by Gasteiger charge is 2.36. The largest absolute Gasteiger partial charge is 0.490 e. The molecule has 154 valence electrons.